The lowest BCUT2D eigenvalue weighted by Gasteiger charge is -2.06. The molecule has 0 aliphatic carbocycles. The topological polar surface area (TPSA) is 43.4 Å². The van der Waals surface area contributed by atoms with Crippen LogP contribution in [0.3, 0.4) is 0 Å². The zero-order chi connectivity index (χ0) is 20.8. The summed E-state index contributed by atoms with van der Waals surface area (Å²) in [5, 5.41) is 0. The van der Waals surface area contributed by atoms with E-state index in [-0.39, 0.29) is 11.7 Å². The van der Waals surface area contributed by atoms with Crippen molar-refractivity contribution in [2.24, 2.45) is 5.92 Å². The van der Waals surface area contributed by atoms with Gasteiger partial charge in [-0.1, -0.05) is 75.6 Å². The van der Waals surface area contributed by atoms with Gasteiger partial charge in [0.2, 0.25) is 0 Å². The van der Waals surface area contributed by atoms with Gasteiger partial charge in [-0.25, -0.2) is 0 Å². The molecule has 2 rings (SSSR count). The minimum Gasteiger partial charge on any atom is -0.489 e. The van der Waals surface area contributed by atoms with Crippen LogP contribution in [0.5, 0.6) is 5.75 Å². The molecule has 3 heteroatoms. The molecule has 0 heterocycles. The highest BCUT2D eigenvalue weighted by molar-refractivity contribution is 5.78. The molecule has 0 spiro atoms. The van der Waals surface area contributed by atoms with Gasteiger partial charge in [-0.2, -0.15) is 0 Å². The minimum absolute atomic E-state index is 0.174. The average Bonchev–Trinajstić information content (AvgIpc) is 2.68. The summed E-state index contributed by atoms with van der Waals surface area (Å²) < 4.78 is 5.67. The first-order valence-electron chi connectivity index (χ1n) is 10.2. The van der Waals surface area contributed by atoms with E-state index in [9.17, 15) is 9.59 Å². The van der Waals surface area contributed by atoms with Crippen molar-refractivity contribution in [2.75, 3.05) is 0 Å². The van der Waals surface area contributed by atoms with Crippen molar-refractivity contribution in [3.63, 3.8) is 0 Å². The Morgan fingerprint density at radius 2 is 1.54 bits per heavy atom. The molecule has 3 nitrogen and oxygen atoms in total. The van der Waals surface area contributed by atoms with Crippen LogP contribution in [0.15, 0.2) is 54.6 Å². The number of hydrogen-bond donors (Lipinski definition) is 0. The van der Waals surface area contributed by atoms with Gasteiger partial charge in [-0.15, -0.1) is 0 Å². The Morgan fingerprint density at radius 1 is 0.893 bits per heavy atom. The first-order valence-corrected chi connectivity index (χ1v) is 10.2. The number of Topliss-reactive ketones (excluding diaryl/α,β-unsaturated/α-hetero) is 2. The Hall–Kier alpha value is -2.42. The van der Waals surface area contributed by atoms with Crippen LogP contribution in [0.4, 0.5) is 0 Å². The smallest absolute Gasteiger partial charge is 0.134 e. The van der Waals surface area contributed by atoms with Crippen LogP contribution in [0, 0.1) is 5.92 Å². The van der Waals surface area contributed by atoms with Crippen LogP contribution in [-0.2, 0) is 22.6 Å². The highest BCUT2D eigenvalue weighted by Crippen LogP contribution is 2.14. The van der Waals surface area contributed by atoms with Crippen molar-refractivity contribution in [2.45, 2.75) is 66.4 Å². The van der Waals surface area contributed by atoms with Gasteiger partial charge in [0.1, 0.15) is 23.9 Å². The number of unbranched alkanes of at least 4 members (excludes halogenated alkanes) is 2. The van der Waals surface area contributed by atoms with E-state index in [0.717, 1.165) is 23.3 Å². The number of ketones is 2. The molecule has 1 unspecified atom stereocenters. The van der Waals surface area contributed by atoms with E-state index in [1.54, 1.807) is 13.8 Å². The van der Waals surface area contributed by atoms with Crippen LogP contribution in [-0.4, -0.2) is 11.6 Å². The summed E-state index contributed by atoms with van der Waals surface area (Å²) in [6, 6.07) is 17.7. The minimum atomic E-state index is 0.174. The average molecular weight is 383 g/mol. The van der Waals surface area contributed by atoms with Gasteiger partial charge in [-0.05, 0) is 43.5 Å². The maximum absolute atomic E-state index is 11.0. The molecule has 0 aliphatic rings. The molecule has 0 radical (unpaired) electrons. The Bertz CT molecular complexity index is 689. The lowest BCUT2D eigenvalue weighted by Crippen LogP contribution is -2.05. The monoisotopic (exact) mass is 382 g/mol. The van der Waals surface area contributed by atoms with E-state index in [1.807, 2.05) is 61.5 Å². The maximum Gasteiger partial charge on any atom is 0.134 e. The van der Waals surface area contributed by atoms with E-state index in [0.29, 0.717) is 18.8 Å². The lowest BCUT2D eigenvalue weighted by molar-refractivity contribution is -0.120. The molecule has 0 N–H and O–H groups in total. The van der Waals surface area contributed by atoms with Crippen LogP contribution in [0.1, 0.15) is 64.5 Å². The van der Waals surface area contributed by atoms with E-state index in [4.69, 9.17) is 4.74 Å². The predicted octanol–water partition coefficient (Wildman–Crippen LogP) is 6.19. The summed E-state index contributed by atoms with van der Waals surface area (Å²) in [7, 11) is 0. The normalized spacial score (nSPS) is 11.1. The second kappa shape index (κ2) is 13.7. The Kier molecular flexibility index (Phi) is 11.6. The van der Waals surface area contributed by atoms with Crippen LogP contribution < -0.4 is 4.74 Å². The van der Waals surface area contributed by atoms with Gasteiger partial charge in [0, 0.05) is 12.3 Å². The molecule has 1 atom stereocenters. The van der Waals surface area contributed by atoms with Crippen molar-refractivity contribution in [3.05, 3.63) is 65.7 Å². The maximum atomic E-state index is 11.0. The highest BCUT2D eigenvalue weighted by atomic mass is 16.5. The molecule has 2 aromatic rings. The number of hydrogen-bond acceptors (Lipinski definition) is 3. The number of carbonyl (C=O) groups is 2. The summed E-state index contributed by atoms with van der Waals surface area (Å²) in [4.78, 5) is 21.7. The molecular formula is C25H34O3. The van der Waals surface area contributed by atoms with E-state index in [2.05, 4.69) is 6.92 Å². The third-order valence-electron chi connectivity index (χ3n) is 4.56. The Morgan fingerprint density at radius 3 is 2.07 bits per heavy atom. The fourth-order valence-corrected chi connectivity index (χ4v) is 2.64. The second-order valence-corrected chi connectivity index (χ2v) is 7.30. The SMILES string of the molecule is CC(=O)Cc1ccc(OCc2ccccc2)cc1.CCCCCC(C)C(C)=O. The van der Waals surface area contributed by atoms with Crippen LogP contribution in [0.25, 0.3) is 0 Å². The van der Waals surface area contributed by atoms with Crippen LogP contribution in [0.2, 0.25) is 0 Å². The van der Waals surface area contributed by atoms with Crippen molar-refractivity contribution < 1.29 is 14.3 Å². The van der Waals surface area contributed by atoms with Gasteiger partial charge < -0.3 is 4.74 Å². The summed E-state index contributed by atoms with van der Waals surface area (Å²) in [5.41, 5.74) is 2.17. The molecule has 0 saturated heterocycles. The van der Waals surface area contributed by atoms with Gasteiger partial charge in [0.05, 0.1) is 0 Å². The molecule has 0 bridgehead atoms. The molecule has 0 fully saturated rings. The van der Waals surface area contributed by atoms with Gasteiger partial charge in [0.25, 0.3) is 0 Å². The Labute approximate surface area is 170 Å². The summed E-state index contributed by atoms with van der Waals surface area (Å²) >= 11 is 0. The van der Waals surface area contributed by atoms with E-state index >= 15 is 0 Å². The summed E-state index contributed by atoms with van der Waals surface area (Å²) in [6.45, 7) is 8.03. The molecule has 0 aromatic heterocycles. The van der Waals surface area contributed by atoms with Crippen molar-refractivity contribution >= 4 is 11.6 Å². The highest BCUT2D eigenvalue weighted by Gasteiger charge is 2.05. The van der Waals surface area contributed by atoms with Gasteiger partial charge in [-0.3, -0.25) is 9.59 Å². The summed E-state index contributed by atoms with van der Waals surface area (Å²) in [6.07, 6.45) is 5.27. The van der Waals surface area contributed by atoms with Crippen molar-refractivity contribution in [1.29, 1.82) is 0 Å². The molecule has 28 heavy (non-hydrogen) atoms. The first kappa shape index (κ1) is 23.6. The molecule has 0 aliphatic heterocycles. The number of ether oxygens (including phenoxy) is 1. The third kappa shape index (κ3) is 10.7. The molecule has 0 saturated carbocycles. The number of carbonyl (C=O) groups excluding carboxylic acids is 2. The van der Waals surface area contributed by atoms with Gasteiger partial charge in [0.15, 0.2) is 0 Å². The van der Waals surface area contributed by atoms with Crippen molar-refractivity contribution in [3.8, 4) is 5.75 Å². The number of rotatable bonds is 10. The third-order valence-corrected chi connectivity index (χ3v) is 4.56. The van der Waals surface area contributed by atoms with Crippen LogP contribution >= 0.6 is 0 Å². The van der Waals surface area contributed by atoms with E-state index in [1.165, 1.54) is 19.3 Å². The fraction of sp³-hybridized carbons (Fsp3) is 0.440. The molecule has 152 valence electrons. The Balaban J connectivity index is 0.000000336. The molecular weight excluding hydrogens is 348 g/mol. The number of benzene rings is 2. The molecule has 0 amide bonds. The lowest BCUT2D eigenvalue weighted by atomic mass is 10.0. The predicted molar refractivity (Wildman–Crippen MR) is 116 cm³/mol. The fourth-order valence-electron chi connectivity index (χ4n) is 2.64. The zero-order valence-corrected chi connectivity index (χ0v) is 17.7. The largest absolute Gasteiger partial charge is 0.489 e. The van der Waals surface area contributed by atoms with Gasteiger partial charge >= 0.3 is 0 Å². The quantitative estimate of drug-likeness (QED) is 0.460. The van der Waals surface area contributed by atoms with Crippen molar-refractivity contribution in [1.82, 2.24) is 0 Å². The molecule has 2 aromatic carbocycles. The first-order chi connectivity index (χ1) is 13.4. The van der Waals surface area contributed by atoms with E-state index < -0.39 is 0 Å². The second-order valence-electron chi connectivity index (χ2n) is 7.30. The zero-order valence-electron chi connectivity index (χ0n) is 17.7. The summed E-state index contributed by atoms with van der Waals surface area (Å²) in [5.74, 6) is 1.61. The standard InChI is InChI=1S/C16H16O2.C9H18O/c1-13(17)11-14-7-9-16(10-8-14)18-12-15-5-3-2-4-6-15;1-4-5-6-7-8(2)9(3)10/h2-10H,11-12H2,1H3;8H,4-7H2,1-3H3.